The van der Waals surface area contributed by atoms with Crippen LogP contribution in [0.5, 0.6) is 0 Å². The lowest BCUT2D eigenvalue weighted by molar-refractivity contribution is 0.449. The largest absolute Gasteiger partial charge is 0.0654 e. The third-order valence-corrected chi connectivity index (χ3v) is 4.79. The Bertz CT molecular complexity index is 503. The van der Waals surface area contributed by atoms with Gasteiger partial charge in [0.25, 0.3) is 0 Å². The summed E-state index contributed by atoms with van der Waals surface area (Å²) in [5.74, 6) is 0.829. The van der Waals surface area contributed by atoms with Gasteiger partial charge in [0, 0.05) is 0 Å². The molecule has 0 aliphatic heterocycles. The van der Waals surface area contributed by atoms with Gasteiger partial charge in [0.15, 0.2) is 0 Å². The fraction of sp³-hybridized carbons (Fsp3) is 0.500. The van der Waals surface area contributed by atoms with Crippen molar-refractivity contribution >= 4 is 44.1 Å². The first-order valence-electron chi connectivity index (χ1n) is 8.27. The molecule has 1 unspecified atom stereocenters. The Balaban J connectivity index is 2.85. The molecule has 0 nitrogen and oxygen atoms in total. The molecule has 1 aromatic carbocycles. The highest BCUT2D eigenvalue weighted by molar-refractivity contribution is 14.1. The molecule has 0 aromatic heterocycles. The van der Waals surface area contributed by atoms with Crippen LogP contribution in [-0.2, 0) is 6.42 Å². The van der Waals surface area contributed by atoms with E-state index in [0.717, 1.165) is 5.92 Å². The van der Waals surface area contributed by atoms with Crippen LogP contribution in [-0.4, -0.2) is 0 Å². The maximum atomic E-state index is 3.64. The van der Waals surface area contributed by atoms with Crippen LogP contribution in [0.1, 0.15) is 64.5 Å². The molecule has 22 heavy (non-hydrogen) atoms. The quantitative estimate of drug-likeness (QED) is 0.265. The first-order chi connectivity index (χ1) is 10.5. The van der Waals surface area contributed by atoms with E-state index in [1.54, 1.807) is 0 Å². The van der Waals surface area contributed by atoms with Crippen LogP contribution in [0, 0.1) is 5.92 Å². The van der Waals surface area contributed by atoms with Gasteiger partial charge in [-0.15, -0.1) is 0 Å². The Hall–Kier alpha value is -0.0900. The first kappa shape index (κ1) is 20.0. The lowest BCUT2D eigenvalue weighted by Gasteiger charge is -2.15. The molecule has 0 saturated heterocycles. The summed E-state index contributed by atoms with van der Waals surface area (Å²) in [7, 11) is 0. The molecule has 1 aromatic rings. The highest BCUT2D eigenvalue weighted by Crippen LogP contribution is 2.27. The molecule has 2 heteroatoms. The molecule has 0 spiro atoms. The maximum Gasteiger partial charge on any atom is -0.000177 e. The summed E-state index contributed by atoms with van der Waals surface area (Å²) >= 11 is 6.00. The minimum atomic E-state index is 0.829. The third-order valence-electron chi connectivity index (χ3n) is 4.05. The van der Waals surface area contributed by atoms with Crippen molar-refractivity contribution in [2.24, 2.45) is 5.92 Å². The van der Waals surface area contributed by atoms with Crippen LogP contribution in [0.2, 0.25) is 0 Å². The van der Waals surface area contributed by atoms with Crippen molar-refractivity contribution in [3.05, 3.63) is 49.5 Å². The van der Waals surface area contributed by atoms with Crippen molar-refractivity contribution in [2.45, 2.75) is 59.8 Å². The lowest BCUT2D eigenvalue weighted by atomic mass is 9.91. The predicted octanol–water partition coefficient (Wildman–Crippen LogP) is 7.91. The van der Waals surface area contributed by atoms with Crippen LogP contribution in [0.15, 0.2) is 38.4 Å². The molecular weight excluding hydrogens is 447 g/mol. The standard InChI is InChI=1S/C20H28BrI/c1-5-7-8-17(6-2)14-18-9-11-19(12-10-18)20(16(4)21)13-15(3)22/h9-13,17H,5-8,14H2,1-4H3/b15-13+,20-16-. The number of unbranched alkanes of at least 4 members (excludes halogenated alkanes) is 1. The molecule has 0 amide bonds. The first-order valence-corrected chi connectivity index (χ1v) is 10.1. The summed E-state index contributed by atoms with van der Waals surface area (Å²) in [4.78, 5) is 0. The van der Waals surface area contributed by atoms with E-state index in [2.05, 4.69) is 96.6 Å². The summed E-state index contributed by atoms with van der Waals surface area (Å²) in [5, 5.41) is 0. The van der Waals surface area contributed by atoms with E-state index < -0.39 is 0 Å². The van der Waals surface area contributed by atoms with Gasteiger partial charge in [-0.1, -0.05) is 79.7 Å². The molecule has 0 fully saturated rings. The van der Waals surface area contributed by atoms with E-state index in [4.69, 9.17) is 0 Å². The van der Waals surface area contributed by atoms with Crippen molar-refractivity contribution in [3.8, 4) is 0 Å². The monoisotopic (exact) mass is 474 g/mol. The number of halogens is 2. The third kappa shape index (κ3) is 6.99. The van der Waals surface area contributed by atoms with Crippen molar-refractivity contribution < 1.29 is 0 Å². The average molecular weight is 475 g/mol. The fourth-order valence-electron chi connectivity index (χ4n) is 2.68. The van der Waals surface area contributed by atoms with Crippen LogP contribution in [0.4, 0.5) is 0 Å². The Morgan fingerprint density at radius 1 is 1.18 bits per heavy atom. The van der Waals surface area contributed by atoms with Gasteiger partial charge in [0.1, 0.15) is 0 Å². The second-order valence-corrected chi connectivity index (χ2v) is 8.89. The molecule has 122 valence electrons. The maximum absolute atomic E-state index is 3.64. The highest BCUT2D eigenvalue weighted by Gasteiger charge is 2.08. The minimum Gasteiger partial charge on any atom is -0.0654 e. The van der Waals surface area contributed by atoms with Gasteiger partial charge in [0.2, 0.25) is 0 Å². The smallest absolute Gasteiger partial charge is 0.000177 e. The van der Waals surface area contributed by atoms with E-state index in [-0.39, 0.29) is 0 Å². The summed E-state index contributed by atoms with van der Waals surface area (Å²) in [5.41, 5.74) is 4.03. The number of allylic oxidation sites excluding steroid dienone is 4. The van der Waals surface area contributed by atoms with E-state index in [0.29, 0.717) is 0 Å². The zero-order chi connectivity index (χ0) is 16.5. The van der Waals surface area contributed by atoms with Gasteiger partial charge in [0.05, 0.1) is 0 Å². The summed E-state index contributed by atoms with van der Waals surface area (Å²) < 4.78 is 2.48. The Morgan fingerprint density at radius 3 is 2.27 bits per heavy atom. The number of hydrogen-bond donors (Lipinski definition) is 0. The molecule has 0 radical (unpaired) electrons. The van der Waals surface area contributed by atoms with E-state index in [9.17, 15) is 0 Å². The Morgan fingerprint density at radius 2 is 1.82 bits per heavy atom. The minimum absolute atomic E-state index is 0.829. The van der Waals surface area contributed by atoms with Crippen molar-refractivity contribution in [1.82, 2.24) is 0 Å². The number of rotatable bonds is 8. The zero-order valence-electron chi connectivity index (χ0n) is 14.3. The van der Waals surface area contributed by atoms with Crippen LogP contribution in [0.25, 0.3) is 5.57 Å². The molecule has 0 aliphatic rings. The molecule has 0 saturated carbocycles. The van der Waals surface area contributed by atoms with Crippen molar-refractivity contribution in [3.63, 3.8) is 0 Å². The molecule has 0 aliphatic carbocycles. The van der Waals surface area contributed by atoms with E-state index >= 15 is 0 Å². The molecular formula is C20H28BrI. The van der Waals surface area contributed by atoms with Gasteiger partial charge in [-0.3, -0.25) is 0 Å². The highest BCUT2D eigenvalue weighted by atomic mass is 127. The summed E-state index contributed by atoms with van der Waals surface area (Å²) in [6, 6.07) is 9.13. The van der Waals surface area contributed by atoms with Gasteiger partial charge in [-0.05, 0) is 79.6 Å². The second-order valence-electron chi connectivity index (χ2n) is 6.00. The van der Waals surface area contributed by atoms with E-state index in [1.165, 1.54) is 56.9 Å². The van der Waals surface area contributed by atoms with Gasteiger partial charge in [-0.2, -0.15) is 0 Å². The molecule has 1 atom stereocenters. The average Bonchev–Trinajstić information content (AvgIpc) is 2.49. The van der Waals surface area contributed by atoms with Crippen molar-refractivity contribution in [1.29, 1.82) is 0 Å². The van der Waals surface area contributed by atoms with Gasteiger partial charge >= 0.3 is 0 Å². The fourth-order valence-corrected chi connectivity index (χ4v) is 3.33. The summed E-state index contributed by atoms with van der Waals surface area (Å²) in [6.45, 7) is 8.83. The number of benzene rings is 1. The normalized spacial score (nSPS) is 14.7. The molecule has 0 bridgehead atoms. The SMILES string of the molecule is CCCCC(CC)Cc1ccc(C(/C=C(\C)I)=C(/C)Br)cc1. The second kappa shape index (κ2) is 10.6. The predicted molar refractivity (Wildman–Crippen MR) is 113 cm³/mol. The molecule has 1 rings (SSSR count). The lowest BCUT2D eigenvalue weighted by Crippen LogP contribution is -2.03. The van der Waals surface area contributed by atoms with E-state index in [1.807, 2.05) is 0 Å². The van der Waals surface area contributed by atoms with Gasteiger partial charge < -0.3 is 0 Å². The Kier molecular flexibility index (Phi) is 9.65. The molecule has 0 heterocycles. The topological polar surface area (TPSA) is 0 Å². The van der Waals surface area contributed by atoms with Gasteiger partial charge in [-0.25, -0.2) is 0 Å². The van der Waals surface area contributed by atoms with Crippen LogP contribution >= 0.6 is 38.5 Å². The zero-order valence-corrected chi connectivity index (χ0v) is 18.0. The molecule has 0 N–H and O–H groups in total. The van der Waals surface area contributed by atoms with Crippen LogP contribution < -0.4 is 0 Å². The Labute approximate surface area is 158 Å². The van der Waals surface area contributed by atoms with Crippen molar-refractivity contribution in [2.75, 3.05) is 0 Å². The summed E-state index contributed by atoms with van der Waals surface area (Å²) in [6.07, 6.45) is 8.74. The van der Waals surface area contributed by atoms with Crippen LogP contribution in [0.3, 0.4) is 0 Å². The number of hydrogen-bond acceptors (Lipinski definition) is 0.